The van der Waals surface area contributed by atoms with E-state index < -0.39 is 0 Å². The molecule has 108 valence electrons. The number of rotatable bonds is 4. The molecule has 0 saturated heterocycles. The van der Waals surface area contributed by atoms with Crippen LogP contribution in [0.15, 0.2) is 53.7 Å². The van der Waals surface area contributed by atoms with Gasteiger partial charge in [-0.25, -0.2) is 9.97 Å². The molecule has 0 aliphatic heterocycles. The number of benzene rings is 2. The first-order chi connectivity index (χ1) is 10.8. The van der Waals surface area contributed by atoms with E-state index in [1.807, 2.05) is 30.3 Å². The van der Waals surface area contributed by atoms with Crippen LogP contribution in [0.2, 0.25) is 0 Å². The molecular weight excluding hydrogens is 292 g/mol. The van der Waals surface area contributed by atoms with Crippen LogP contribution < -0.4 is 5.32 Å². The molecule has 0 aliphatic rings. The number of aromatic nitrogens is 2. The van der Waals surface area contributed by atoms with Crippen molar-refractivity contribution in [3.05, 3.63) is 54.4 Å². The molecule has 3 rings (SSSR count). The highest BCUT2D eigenvalue weighted by molar-refractivity contribution is 8.03. The third kappa shape index (κ3) is 3.02. The first kappa shape index (κ1) is 14.4. The molecule has 1 heterocycles. The van der Waals surface area contributed by atoms with Crippen LogP contribution in [-0.4, -0.2) is 9.97 Å². The van der Waals surface area contributed by atoms with Gasteiger partial charge in [0.05, 0.1) is 5.52 Å². The monoisotopic (exact) mass is 306 g/mol. The number of thiocyanates is 1. The maximum atomic E-state index is 8.67. The average Bonchev–Trinajstić information content (AvgIpc) is 2.57. The smallest absolute Gasteiger partial charge is 0.141 e. The van der Waals surface area contributed by atoms with Crippen molar-refractivity contribution in [3.63, 3.8) is 0 Å². The molecule has 1 N–H and O–H groups in total. The number of nitrogens with zero attached hydrogens (tertiary/aromatic N) is 3. The SMILES string of the molecule is CCc1ccc2ncnc(Nc3ccc(SC#N)cc3)c2c1. The fraction of sp³-hybridized carbons (Fsp3) is 0.118. The van der Waals surface area contributed by atoms with E-state index in [9.17, 15) is 0 Å². The van der Waals surface area contributed by atoms with Gasteiger partial charge in [0.2, 0.25) is 0 Å². The summed E-state index contributed by atoms with van der Waals surface area (Å²) >= 11 is 1.15. The van der Waals surface area contributed by atoms with Crippen molar-refractivity contribution >= 4 is 34.2 Å². The van der Waals surface area contributed by atoms with Gasteiger partial charge < -0.3 is 5.32 Å². The first-order valence-corrected chi connectivity index (χ1v) is 7.78. The summed E-state index contributed by atoms with van der Waals surface area (Å²) in [6, 6.07) is 13.9. The van der Waals surface area contributed by atoms with Crippen molar-refractivity contribution in [2.24, 2.45) is 0 Å². The molecule has 0 spiro atoms. The predicted molar refractivity (Wildman–Crippen MR) is 90.1 cm³/mol. The number of aryl methyl sites for hydroxylation is 1. The van der Waals surface area contributed by atoms with Gasteiger partial charge in [-0.1, -0.05) is 13.0 Å². The summed E-state index contributed by atoms with van der Waals surface area (Å²) in [5.41, 5.74) is 3.11. The number of thioether (sulfide) groups is 1. The van der Waals surface area contributed by atoms with E-state index in [1.54, 1.807) is 6.33 Å². The van der Waals surface area contributed by atoms with E-state index in [1.165, 1.54) is 5.56 Å². The topological polar surface area (TPSA) is 61.6 Å². The molecule has 5 heteroatoms. The second-order valence-electron chi connectivity index (χ2n) is 4.77. The second-order valence-corrected chi connectivity index (χ2v) is 5.63. The number of anilines is 2. The summed E-state index contributed by atoms with van der Waals surface area (Å²) in [4.78, 5) is 9.59. The molecule has 0 saturated carbocycles. The summed E-state index contributed by atoms with van der Waals surface area (Å²) in [6.45, 7) is 2.13. The Morgan fingerprint density at radius 3 is 2.68 bits per heavy atom. The van der Waals surface area contributed by atoms with Crippen molar-refractivity contribution in [3.8, 4) is 5.40 Å². The number of hydrogen-bond donors (Lipinski definition) is 1. The number of fused-ring (bicyclic) bond motifs is 1. The van der Waals surface area contributed by atoms with Crippen LogP contribution in [0.4, 0.5) is 11.5 Å². The van der Waals surface area contributed by atoms with Gasteiger partial charge in [0, 0.05) is 16.0 Å². The Kier molecular flexibility index (Phi) is 4.22. The molecular formula is C17H14N4S. The zero-order chi connectivity index (χ0) is 15.4. The molecule has 0 radical (unpaired) electrons. The summed E-state index contributed by atoms with van der Waals surface area (Å²) in [6.07, 6.45) is 2.54. The quantitative estimate of drug-likeness (QED) is 0.567. The summed E-state index contributed by atoms with van der Waals surface area (Å²) in [7, 11) is 0. The molecule has 0 amide bonds. The average molecular weight is 306 g/mol. The lowest BCUT2D eigenvalue weighted by Crippen LogP contribution is -1.96. The fourth-order valence-electron chi connectivity index (χ4n) is 2.22. The van der Waals surface area contributed by atoms with Crippen LogP contribution in [0, 0.1) is 10.7 Å². The van der Waals surface area contributed by atoms with Crippen LogP contribution in [0.25, 0.3) is 10.9 Å². The summed E-state index contributed by atoms with van der Waals surface area (Å²) in [5.74, 6) is 0.793. The molecule has 0 aliphatic carbocycles. The highest BCUT2D eigenvalue weighted by Gasteiger charge is 2.05. The predicted octanol–water partition coefficient (Wildman–Crippen LogP) is 4.51. The third-order valence-electron chi connectivity index (χ3n) is 3.39. The minimum Gasteiger partial charge on any atom is -0.340 e. The Morgan fingerprint density at radius 2 is 1.95 bits per heavy atom. The van der Waals surface area contributed by atoms with Crippen LogP contribution in [0.5, 0.6) is 0 Å². The Balaban J connectivity index is 1.94. The van der Waals surface area contributed by atoms with Gasteiger partial charge in [0.25, 0.3) is 0 Å². The van der Waals surface area contributed by atoms with Gasteiger partial charge in [0.15, 0.2) is 0 Å². The van der Waals surface area contributed by atoms with Gasteiger partial charge in [-0.15, -0.1) is 0 Å². The van der Waals surface area contributed by atoms with Crippen molar-refractivity contribution in [2.45, 2.75) is 18.2 Å². The molecule has 22 heavy (non-hydrogen) atoms. The fourth-order valence-corrected chi connectivity index (χ4v) is 2.60. The van der Waals surface area contributed by atoms with Crippen LogP contribution >= 0.6 is 11.8 Å². The van der Waals surface area contributed by atoms with E-state index in [0.717, 1.165) is 45.5 Å². The summed E-state index contributed by atoms with van der Waals surface area (Å²) < 4.78 is 0. The standard InChI is InChI=1S/C17H14N4S/c1-2-12-3-8-16-15(9-12)17(20-11-19-16)21-13-4-6-14(7-5-13)22-10-18/h3-9,11H,2H2,1H3,(H,19,20,21). The molecule has 4 nitrogen and oxygen atoms in total. The number of nitriles is 1. The molecule has 0 unspecified atom stereocenters. The van der Waals surface area contributed by atoms with Crippen LogP contribution in [-0.2, 0) is 6.42 Å². The number of nitrogens with one attached hydrogen (secondary N) is 1. The highest BCUT2D eigenvalue weighted by atomic mass is 32.2. The van der Waals surface area contributed by atoms with E-state index in [0.29, 0.717) is 0 Å². The first-order valence-electron chi connectivity index (χ1n) is 6.97. The van der Waals surface area contributed by atoms with Gasteiger partial charge in [-0.05, 0) is 60.1 Å². The van der Waals surface area contributed by atoms with Crippen LogP contribution in [0.1, 0.15) is 12.5 Å². The Bertz CT molecular complexity index is 837. The normalized spacial score (nSPS) is 10.4. The minimum atomic E-state index is 0.793. The maximum absolute atomic E-state index is 8.67. The zero-order valence-electron chi connectivity index (χ0n) is 12.1. The molecule has 0 bridgehead atoms. The van der Waals surface area contributed by atoms with Gasteiger partial charge in [0.1, 0.15) is 17.5 Å². The lowest BCUT2D eigenvalue weighted by molar-refractivity contribution is 1.14. The zero-order valence-corrected chi connectivity index (χ0v) is 12.9. The second kappa shape index (κ2) is 6.46. The summed E-state index contributed by atoms with van der Waals surface area (Å²) in [5, 5.41) is 15.1. The van der Waals surface area contributed by atoms with Gasteiger partial charge >= 0.3 is 0 Å². The third-order valence-corrected chi connectivity index (χ3v) is 3.99. The minimum absolute atomic E-state index is 0.793. The van der Waals surface area contributed by atoms with E-state index in [4.69, 9.17) is 5.26 Å². The maximum Gasteiger partial charge on any atom is 0.141 e. The molecule has 3 aromatic rings. The van der Waals surface area contributed by atoms with Crippen LogP contribution in [0.3, 0.4) is 0 Å². The van der Waals surface area contributed by atoms with Gasteiger partial charge in [-0.2, -0.15) is 5.26 Å². The Morgan fingerprint density at radius 1 is 1.14 bits per heavy atom. The van der Waals surface area contributed by atoms with Crippen molar-refractivity contribution < 1.29 is 0 Å². The lowest BCUT2D eigenvalue weighted by Gasteiger charge is -2.09. The molecule has 1 aromatic heterocycles. The Hall–Kier alpha value is -2.58. The largest absolute Gasteiger partial charge is 0.340 e. The van der Waals surface area contributed by atoms with Gasteiger partial charge in [-0.3, -0.25) is 0 Å². The lowest BCUT2D eigenvalue weighted by atomic mass is 10.1. The molecule has 0 atom stereocenters. The van der Waals surface area contributed by atoms with Crippen molar-refractivity contribution in [1.82, 2.24) is 9.97 Å². The van der Waals surface area contributed by atoms with Crippen molar-refractivity contribution in [1.29, 1.82) is 5.26 Å². The van der Waals surface area contributed by atoms with E-state index in [-0.39, 0.29) is 0 Å². The van der Waals surface area contributed by atoms with E-state index in [2.05, 4.69) is 39.7 Å². The Labute approximate surface area is 133 Å². The highest BCUT2D eigenvalue weighted by Crippen LogP contribution is 2.25. The number of hydrogen-bond acceptors (Lipinski definition) is 5. The molecule has 0 fully saturated rings. The van der Waals surface area contributed by atoms with E-state index >= 15 is 0 Å². The molecule has 2 aromatic carbocycles. The van der Waals surface area contributed by atoms with Crippen molar-refractivity contribution in [2.75, 3.05) is 5.32 Å².